The minimum atomic E-state index is -0.0538. The second kappa shape index (κ2) is 10.7. The van der Waals surface area contributed by atoms with Crippen molar-refractivity contribution < 1.29 is 14.6 Å². The molecule has 4 nitrogen and oxygen atoms in total. The van der Waals surface area contributed by atoms with Gasteiger partial charge in [0.1, 0.15) is 0 Å². The highest BCUT2D eigenvalue weighted by Crippen LogP contribution is 2.12. The SMILES string of the molecule is CCSCc1ccc(C(=O)NCCCOCCO)cc1. The fourth-order valence-electron chi connectivity index (χ4n) is 1.62. The number of rotatable bonds is 10. The fraction of sp³-hybridized carbons (Fsp3) is 0.533. The summed E-state index contributed by atoms with van der Waals surface area (Å²) < 4.78 is 5.12. The summed E-state index contributed by atoms with van der Waals surface area (Å²) in [4.78, 5) is 11.9. The zero-order chi connectivity index (χ0) is 14.6. The average molecular weight is 297 g/mol. The summed E-state index contributed by atoms with van der Waals surface area (Å²) in [6.07, 6.45) is 0.747. The summed E-state index contributed by atoms with van der Waals surface area (Å²) in [7, 11) is 0. The molecule has 0 radical (unpaired) electrons. The first-order valence-electron chi connectivity index (χ1n) is 6.91. The Balaban J connectivity index is 2.25. The van der Waals surface area contributed by atoms with Crippen LogP contribution in [0.15, 0.2) is 24.3 Å². The smallest absolute Gasteiger partial charge is 0.251 e. The quantitative estimate of drug-likeness (QED) is 0.649. The minimum absolute atomic E-state index is 0.0367. The maximum atomic E-state index is 11.9. The number of hydrogen-bond acceptors (Lipinski definition) is 4. The number of carbonyl (C=O) groups excluding carboxylic acids is 1. The molecule has 20 heavy (non-hydrogen) atoms. The molecule has 0 aliphatic heterocycles. The number of ether oxygens (including phenoxy) is 1. The highest BCUT2D eigenvalue weighted by atomic mass is 32.2. The van der Waals surface area contributed by atoms with E-state index in [1.807, 2.05) is 36.0 Å². The molecule has 1 rings (SSSR count). The van der Waals surface area contributed by atoms with Gasteiger partial charge in [0, 0.05) is 24.5 Å². The molecule has 5 heteroatoms. The predicted octanol–water partition coefficient (Wildman–Crippen LogP) is 2.07. The van der Waals surface area contributed by atoms with Crippen molar-refractivity contribution >= 4 is 17.7 Å². The molecule has 0 unspecified atom stereocenters. The van der Waals surface area contributed by atoms with Crippen LogP contribution in [0, 0.1) is 0 Å². The highest BCUT2D eigenvalue weighted by molar-refractivity contribution is 7.98. The zero-order valence-electron chi connectivity index (χ0n) is 11.9. The minimum Gasteiger partial charge on any atom is -0.394 e. The Morgan fingerprint density at radius 1 is 1.30 bits per heavy atom. The molecule has 0 bridgehead atoms. The van der Waals surface area contributed by atoms with Gasteiger partial charge in [-0.2, -0.15) is 11.8 Å². The molecule has 0 spiro atoms. The summed E-state index contributed by atoms with van der Waals surface area (Å²) in [5.74, 6) is 2.03. The predicted molar refractivity (Wildman–Crippen MR) is 83.1 cm³/mol. The second-order valence-corrected chi connectivity index (χ2v) is 5.55. The number of aliphatic hydroxyl groups is 1. The molecule has 0 fully saturated rings. The molecule has 1 amide bonds. The van der Waals surface area contributed by atoms with Crippen LogP contribution in [0.5, 0.6) is 0 Å². The Morgan fingerprint density at radius 3 is 2.70 bits per heavy atom. The molecule has 0 saturated heterocycles. The molecule has 2 N–H and O–H groups in total. The van der Waals surface area contributed by atoms with Crippen LogP contribution in [0.3, 0.4) is 0 Å². The van der Waals surface area contributed by atoms with Crippen LogP contribution in [0.25, 0.3) is 0 Å². The van der Waals surface area contributed by atoms with Crippen LogP contribution in [-0.4, -0.2) is 43.1 Å². The van der Waals surface area contributed by atoms with Crippen molar-refractivity contribution in [3.63, 3.8) is 0 Å². The monoisotopic (exact) mass is 297 g/mol. The number of hydrogen-bond donors (Lipinski definition) is 2. The molecule has 1 aromatic carbocycles. The van der Waals surface area contributed by atoms with E-state index in [4.69, 9.17) is 9.84 Å². The van der Waals surface area contributed by atoms with E-state index in [0.29, 0.717) is 25.3 Å². The van der Waals surface area contributed by atoms with Crippen molar-refractivity contribution in [2.45, 2.75) is 19.1 Å². The van der Waals surface area contributed by atoms with Crippen LogP contribution in [0.4, 0.5) is 0 Å². The van der Waals surface area contributed by atoms with Crippen molar-refractivity contribution in [3.05, 3.63) is 35.4 Å². The van der Waals surface area contributed by atoms with Gasteiger partial charge in [-0.3, -0.25) is 4.79 Å². The second-order valence-electron chi connectivity index (χ2n) is 4.28. The number of thioether (sulfide) groups is 1. The molecule has 0 atom stereocenters. The molecule has 1 aromatic rings. The molecule has 0 heterocycles. The third-order valence-corrected chi connectivity index (χ3v) is 3.62. The van der Waals surface area contributed by atoms with E-state index in [1.54, 1.807) is 0 Å². The standard InChI is InChI=1S/C15H23NO3S/c1-2-20-12-13-4-6-14(7-5-13)15(18)16-8-3-10-19-11-9-17/h4-7,17H,2-3,8-12H2,1H3,(H,16,18). The molecular weight excluding hydrogens is 274 g/mol. The van der Waals surface area contributed by atoms with Crippen LogP contribution in [-0.2, 0) is 10.5 Å². The Hall–Kier alpha value is -1.04. The van der Waals surface area contributed by atoms with Crippen LogP contribution < -0.4 is 5.32 Å². The van der Waals surface area contributed by atoms with Crippen molar-refractivity contribution in [2.24, 2.45) is 0 Å². The lowest BCUT2D eigenvalue weighted by Gasteiger charge is -2.06. The molecule has 0 aliphatic carbocycles. The molecule has 112 valence electrons. The first-order chi connectivity index (χ1) is 9.77. The Labute approximate surface area is 124 Å². The van der Waals surface area contributed by atoms with E-state index in [9.17, 15) is 4.79 Å². The summed E-state index contributed by atoms with van der Waals surface area (Å²) in [6, 6.07) is 7.73. The number of benzene rings is 1. The number of amides is 1. The van der Waals surface area contributed by atoms with Crippen LogP contribution in [0.1, 0.15) is 29.3 Å². The van der Waals surface area contributed by atoms with Crippen LogP contribution >= 0.6 is 11.8 Å². The summed E-state index contributed by atoms with van der Waals surface area (Å²) in [5.41, 5.74) is 1.93. The first kappa shape index (κ1) is 17.0. The summed E-state index contributed by atoms with van der Waals surface area (Å²) >= 11 is 1.87. The van der Waals surface area contributed by atoms with E-state index < -0.39 is 0 Å². The van der Waals surface area contributed by atoms with E-state index in [2.05, 4.69) is 12.2 Å². The van der Waals surface area contributed by atoms with E-state index in [1.165, 1.54) is 5.56 Å². The Kier molecular flexibility index (Phi) is 9.11. The fourth-order valence-corrected chi connectivity index (χ4v) is 2.25. The number of aliphatic hydroxyl groups excluding tert-OH is 1. The Morgan fingerprint density at radius 2 is 2.05 bits per heavy atom. The van der Waals surface area contributed by atoms with Crippen molar-refractivity contribution in [1.29, 1.82) is 0 Å². The topological polar surface area (TPSA) is 58.6 Å². The normalized spacial score (nSPS) is 10.5. The summed E-state index contributed by atoms with van der Waals surface area (Å²) in [6.45, 7) is 3.66. The van der Waals surface area contributed by atoms with Crippen molar-refractivity contribution in [1.82, 2.24) is 5.32 Å². The van der Waals surface area contributed by atoms with Gasteiger partial charge in [0.05, 0.1) is 13.2 Å². The van der Waals surface area contributed by atoms with Gasteiger partial charge in [-0.15, -0.1) is 0 Å². The van der Waals surface area contributed by atoms with Gasteiger partial charge in [0.2, 0.25) is 0 Å². The van der Waals surface area contributed by atoms with E-state index >= 15 is 0 Å². The third-order valence-electron chi connectivity index (χ3n) is 2.68. The van der Waals surface area contributed by atoms with Gasteiger partial charge in [-0.05, 0) is 29.9 Å². The number of nitrogens with one attached hydrogen (secondary N) is 1. The lowest BCUT2D eigenvalue weighted by atomic mass is 10.1. The molecular formula is C15H23NO3S. The van der Waals surface area contributed by atoms with Gasteiger partial charge >= 0.3 is 0 Å². The van der Waals surface area contributed by atoms with Crippen molar-refractivity contribution in [2.75, 3.05) is 32.1 Å². The largest absolute Gasteiger partial charge is 0.394 e. The average Bonchev–Trinajstić information content (AvgIpc) is 2.49. The maximum Gasteiger partial charge on any atom is 0.251 e. The van der Waals surface area contributed by atoms with Gasteiger partial charge in [0.25, 0.3) is 5.91 Å². The van der Waals surface area contributed by atoms with Gasteiger partial charge < -0.3 is 15.2 Å². The molecule has 0 aliphatic rings. The van der Waals surface area contributed by atoms with E-state index in [0.717, 1.165) is 17.9 Å². The Bertz CT molecular complexity index is 381. The zero-order valence-corrected chi connectivity index (χ0v) is 12.7. The molecule has 0 saturated carbocycles. The lowest BCUT2D eigenvalue weighted by Crippen LogP contribution is -2.25. The van der Waals surface area contributed by atoms with Gasteiger partial charge in [-0.25, -0.2) is 0 Å². The van der Waals surface area contributed by atoms with Gasteiger partial charge in [0.15, 0.2) is 0 Å². The lowest BCUT2D eigenvalue weighted by molar-refractivity contribution is 0.0867. The van der Waals surface area contributed by atoms with Gasteiger partial charge in [-0.1, -0.05) is 19.1 Å². The highest BCUT2D eigenvalue weighted by Gasteiger charge is 2.04. The number of carbonyl (C=O) groups is 1. The van der Waals surface area contributed by atoms with Crippen LogP contribution in [0.2, 0.25) is 0 Å². The summed E-state index contributed by atoms with van der Waals surface area (Å²) in [5, 5.41) is 11.4. The third kappa shape index (κ3) is 6.93. The maximum absolute atomic E-state index is 11.9. The molecule has 0 aromatic heterocycles. The van der Waals surface area contributed by atoms with E-state index in [-0.39, 0.29) is 12.5 Å². The van der Waals surface area contributed by atoms with Crippen molar-refractivity contribution in [3.8, 4) is 0 Å². The first-order valence-corrected chi connectivity index (χ1v) is 8.07.